The van der Waals surface area contributed by atoms with E-state index in [-0.39, 0.29) is 0 Å². The average molecular weight is 680 g/mol. The maximum atomic E-state index is 2.44. The molecule has 0 aliphatic heterocycles. The van der Waals surface area contributed by atoms with Gasteiger partial charge in [0.15, 0.2) is 0 Å². The van der Waals surface area contributed by atoms with Crippen LogP contribution in [-0.4, -0.2) is 0 Å². The van der Waals surface area contributed by atoms with Gasteiger partial charge in [0.1, 0.15) is 0 Å². The van der Waals surface area contributed by atoms with Crippen molar-refractivity contribution in [3.05, 3.63) is 200 Å². The predicted octanol–water partition coefficient (Wildman–Crippen LogP) is 14.8. The molecule has 1 aromatic heterocycles. The molecule has 0 aliphatic rings. The van der Waals surface area contributed by atoms with Crippen LogP contribution in [0.15, 0.2) is 200 Å². The smallest absolute Gasteiger partial charge is 0.0554 e. The molecule has 0 amide bonds. The Hall–Kier alpha value is -6.48. The SMILES string of the molecule is c1ccc(-c2ccc(N(c3ccc(-c4ccccc4)cc3)c3ccc4c(sc5c6ccccc6c6ccccc6c45)c3-c3ccccc3)cc2)cc1. The van der Waals surface area contributed by atoms with Gasteiger partial charge < -0.3 is 4.90 Å². The van der Waals surface area contributed by atoms with Gasteiger partial charge in [0.05, 0.1) is 5.69 Å². The molecule has 1 nitrogen and oxygen atoms in total. The molecule has 0 saturated carbocycles. The molecule has 0 spiro atoms. The summed E-state index contributed by atoms with van der Waals surface area (Å²) in [5.74, 6) is 0. The standard InChI is InChI=1S/C50H33NS/c1-4-14-34(15-5-1)36-24-28-39(29-25-36)51(40-30-26-37(27-31-40)35-16-6-2-7-17-35)46-33-32-45-48-43-22-12-10-20-41(43)42-21-11-13-23-44(42)49(48)52-50(45)47(46)38-18-8-3-9-19-38/h1-33H. The summed E-state index contributed by atoms with van der Waals surface area (Å²) in [5.41, 5.74) is 10.6. The van der Waals surface area contributed by atoms with E-state index in [1.165, 1.54) is 75.1 Å². The maximum absolute atomic E-state index is 2.44. The second-order valence-corrected chi connectivity index (χ2v) is 14.3. The minimum Gasteiger partial charge on any atom is -0.310 e. The predicted molar refractivity (Wildman–Crippen MR) is 225 cm³/mol. The van der Waals surface area contributed by atoms with Crippen LogP contribution in [-0.2, 0) is 0 Å². The second-order valence-electron chi connectivity index (χ2n) is 13.3. The lowest BCUT2D eigenvalue weighted by molar-refractivity contribution is 1.29. The lowest BCUT2D eigenvalue weighted by Gasteiger charge is -2.28. The summed E-state index contributed by atoms with van der Waals surface area (Å²) in [6.07, 6.45) is 0. The summed E-state index contributed by atoms with van der Waals surface area (Å²) < 4.78 is 2.64. The Morgan fingerprint density at radius 2 is 0.712 bits per heavy atom. The minimum atomic E-state index is 1.11. The fourth-order valence-corrected chi connectivity index (χ4v) is 9.24. The Kier molecular flexibility index (Phi) is 7.41. The number of nitrogens with zero attached hydrogens (tertiary/aromatic N) is 1. The van der Waals surface area contributed by atoms with Crippen molar-refractivity contribution in [1.29, 1.82) is 0 Å². The van der Waals surface area contributed by atoms with Crippen LogP contribution < -0.4 is 4.90 Å². The zero-order valence-electron chi connectivity index (χ0n) is 28.4. The molecule has 0 saturated heterocycles. The lowest BCUT2D eigenvalue weighted by Crippen LogP contribution is -2.11. The average Bonchev–Trinajstić information content (AvgIpc) is 3.63. The summed E-state index contributed by atoms with van der Waals surface area (Å²) in [5, 5.41) is 7.85. The van der Waals surface area contributed by atoms with Gasteiger partial charge in [0, 0.05) is 42.5 Å². The Bertz CT molecular complexity index is 2770. The van der Waals surface area contributed by atoms with Gasteiger partial charge in [-0.2, -0.15) is 0 Å². The van der Waals surface area contributed by atoms with Gasteiger partial charge in [0.2, 0.25) is 0 Å². The molecule has 0 radical (unpaired) electrons. The van der Waals surface area contributed by atoms with Crippen LogP contribution in [0, 0.1) is 0 Å². The molecule has 1 heterocycles. The number of thiophene rings is 1. The van der Waals surface area contributed by atoms with Crippen LogP contribution in [0.1, 0.15) is 0 Å². The van der Waals surface area contributed by atoms with Gasteiger partial charge in [-0.15, -0.1) is 11.3 Å². The van der Waals surface area contributed by atoms with Crippen LogP contribution in [0.25, 0.3) is 75.1 Å². The summed E-state index contributed by atoms with van der Waals surface area (Å²) >= 11 is 1.92. The molecule has 0 fully saturated rings. The topological polar surface area (TPSA) is 3.24 Å². The molecule has 0 unspecified atom stereocenters. The van der Waals surface area contributed by atoms with Gasteiger partial charge in [-0.05, 0) is 74.3 Å². The molecule has 244 valence electrons. The normalized spacial score (nSPS) is 11.5. The van der Waals surface area contributed by atoms with Crippen molar-refractivity contribution in [2.24, 2.45) is 0 Å². The first-order valence-electron chi connectivity index (χ1n) is 17.8. The first kappa shape index (κ1) is 30.4. The third-order valence-corrected chi connectivity index (χ3v) is 11.5. The molecule has 10 aromatic rings. The molecule has 9 aromatic carbocycles. The van der Waals surface area contributed by atoms with Gasteiger partial charge in [-0.3, -0.25) is 0 Å². The van der Waals surface area contributed by atoms with Crippen molar-refractivity contribution in [2.45, 2.75) is 0 Å². The zero-order valence-corrected chi connectivity index (χ0v) is 29.2. The fourth-order valence-electron chi connectivity index (χ4n) is 7.82. The Labute approximate surface area is 307 Å². The zero-order chi connectivity index (χ0) is 34.4. The van der Waals surface area contributed by atoms with Gasteiger partial charge in [-0.1, -0.05) is 170 Å². The number of hydrogen-bond acceptors (Lipinski definition) is 2. The van der Waals surface area contributed by atoms with Crippen LogP contribution in [0.4, 0.5) is 17.1 Å². The summed E-state index contributed by atoms with van der Waals surface area (Å²) in [6.45, 7) is 0. The van der Waals surface area contributed by atoms with Crippen LogP contribution >= 0.6 is 11.3 Å². The summed E-state index contributed by atoms with van der Waals surface area (Å²) in [4.78, 5) is 2.44. The molecular weight excluding hydrogens is 647 g/mol. The Balaban J connectivity index is 1.26. The number of benzene rings is 9. The van der Waals surface area contributed by atoms with E-state index >= 15 is 0 Å². The summed E-state index contributed by atoms with van der Waals surface area (Å²) in [6, 6.07) is 72.7. The van der Waals surface area contributed by atoms with Gasteiger partial charge >= 0.3 is 0 Å². The number of hydrogen-bond donors (Lipinski definition) is 0. The van der Waals surface area contributed by atoms with Crippen molar-refractivity contribution in [3.8, 4) is 33.4 Å². The highest BCUT2D eigenvalue weighted by molar-refractivity contribution is 7.27. The van der Waals surface area contributed by atoms with Crippen LogP contribution in [0.3, 0.4) is 0 Å². The maximum Gasteiger partial charge on any atom is 0.0554 e. The van der Waals surface area contributed by atoms with E-state index < -0.39 is 0 Å². The molecule has 0 aliphatic carbocycles. The van der Waals surface area contributed by atoms with E-state index in [0.29, 0.717) is 0 Å². The minimum absolute atomic E-state index is 1.11. The first-order chi connectivity index (χ1) is 25.8. The van der Waals surface area contributed by atoms with E-state index in [1.807, 2.05) is 11.3 Å². The van der Waals surface area contributed by atoms with E-state index in [9.17, 15) is 0 Å². The molecule has 0 N–H and O–H groups in total. The van der Waals surface area contributed by atoms with Gasteiger partial charge in [0.25, 0.3) is 0 Å². The summed E-state index contributed by atoms with van der Waals surface area (Å²) in [7, 11) is 0. The van der Waals surface area contributed by atoms with Gasteiger partial charge in [-0.25, -0.2) is 0 Å². The fraction of sp³-hybridized carbons (Fsp3) is 0. The van der Waals surface area contributed by atoms with E-state index in [1.54, 1.807) is 0 Å². The molecule has 0 bridgehead atoms. The monoisotopic (exact) mass is 679 g/mol. The van der Waals surface area contributed by atoms with E-state index in [4.69, 9.17) is 0 Å². The van der Waals surface area contributed by atoms with E-state index in [2.05, 4.69) is 205 Å². The van der Waals surface area contributed by atoms with Crippen molar-refractivity contribution in [3.63, 3.8) is 0 Å². The van der Waals surface area contributed by atoms with Crippen molar-refractivity contribution in [2.75, 3.05) is 4.90 Å². The third kappa shape index (κ3) is 5.07. The number of rotatable bonds is 6. The first-order valence-corrected chi connectivity index (χ1v) is 18.6. The van der Waals surface area contributed by atoms with Crippen LogP contribution in [0.2, 0.25) is 0 Å². The molecule has 0 atom stereocenters. The van der Waals surface area contributed by atoms with Crippen molar-refractivity contribution < 1.29 is 0 Å². The number of fused-ring (bicyclic) bond motifs is 8. The second kappa shape index (κ2) is 12.7. The lowest BCUT2D eigenvalue weighted by atomic mass is 9.94. The largest absolute Gasteiger partial charge is 0.310 e. The molecule has 52 heavy (non-hydrogen) atoms. The van der Waals surface area contributed by atoms with Crippen molar-refractivity contribution in [1.82, 2.24) is 0 Å². The number of anilines is 3. The van der Waals surface area contributed by atoms with E-state index in [0.717, 1.165) is 17.1 Å². The van der Waals surface area contributed by atoms with Crippen molar-refractivity contribution >= 4 is 70.1 Å². The molecule has 2 heteroatoms. The highest BCUT2D eigenvalue weighted by atomic mass is 32.1. The Morgan fingerprint density at radius 1 is 0.288 bits per heavy atom. The quantitative estimate of drug-likeness (QED) is 0.158. The Morgan fingerprint density at radius 3 is 1.25 bits per heavy atom. The third-order valence-electron chi connectivity index (χ3n) is 10.3. The molecule has 10 rings (SSSR count). The molecular formula is C50H33NS. The van der Waals surface area contributed by atoms with Crippen LogP contribution in [0.5, 0.6) is 0 Å². The highest BCUT2D eigenvalue weighted by Crippen LogP contribution is 2.51. The highest BCUT2D eigenvalue weighted by Gasteiger charge is 2.23.